The van der Waals surface area contributed by atoms with Gasteiger partial charge in [0.15, 0.2) is 0 Å². The Balaban J connectivity index is 1.76. The zero-order valence-electron chi connectivity index (χ0n) is 15.1. The molecule has 24 heavy (non-hydrogen) atoms. The lowest BCUT2D eigenvalue weighted by Crippen LogP contribution is -2.33. The van der Waals surface area contributed by atoms with Gasteiger partial charge in [-0.3, -0.25) is 14.4 Å². The molecule has 1 aromatic heterocycles. The van der Waals surface area contributed by atoms with E-state index in [4.69, 9.17) is 4.74 Å². The van der Waals surface area contributed by atoms with Crippen LogP contribution in [0.4, 0.5) is 5.69 Å². The lowest BCUT2D eigenvalue weighted by Gasteiger charge is -2.17. The maximum Gasteiger partial charge on any atom is 0.238 e. The molecule has 2 aromatic rings. The summed E-state index contributed by atoms with van der Waals surface area (Å²) in [5.41, 5.74) is 3.78. The molecular formula is C18H26N4O2. The summed E-state index contributed by atoms with van der Waals surface area (Å²) in [4.78, 5) is 14.1. The Morgan fingerprint density at radius 1 is 1.25 bits per heavy atom. The first-order valence-electron chi connectivity index (χ1n) is 8.05. The molecule has 0 atom stereocenters. The summed E-state index contributed by atoms with van der Waals surface area (Å²) in [5, 5.41) is 7.24. The van der Waals surface area contributed by atoms with E-state index in [2.05, 4.69) is 10.4 Å². The Bertz CT molecular complexity index is 692. The first-order chi connectivity index (χ1) is 11.4. The van der Waals surface area contributed by atoms with Crippen LogP contribution < -0.4 is 10.1 Å². The number of aryl methyl sites for hydroxylation is 3. The third-order valence-electron chi connectivity index (χ3n) is 3.95. The molecule has 6 nitrogen and oxygen atoms in total. The number of rotatable bonds is 7. The van der Waals surface area contributed by atoms with Crippen molar-refractivity contribution in [3.05, 3.63) is 41.2 Å². The predicted octanol–water partition coefficient (Wildman–Crippen LogP) is 2.29. The van der Waals surface area contributed by atoms with Crippen molar-refractivity contribution in [1.82, 2.24) is 14.7 Å². The molecule has 0 saturated carbocycles. The van der Waals surface area contributed by atoms with Crippen molar-refractivity contribution in [2.45, 2.75) is 20.8 Å². The van der Waals surface area contributed by atoms with Gasteiger partial charge in [-0.2, -0.15) is 5.10 Å². The quantitative estimate of drug-likeness (QED) is 0.846. The molecule has 0 spiro atoms. The van der Waals surface area contributed by atoms with Crippen molar-refractivity contribution >= 4 is 11.6 Å². The van der Waals surface area contributed by atoms with Crippen molar-refractivity contribution in [3.8, 4) is 5.75 Å². The second kappa shape index (κ2) is 7.97. The zero-order chi connectivity index (χ0) is 17.7. The van der Waals surface area contributed by atoms with Gasteiger partial charge in [0.2, 0.25) is 5.91 Å². The van der Waals surface area contributed by atoms with Gasteiger partial charge in [-0.15, -0.1) is 0 Å². The molecule has 0 aliphatic heterocycles. The Hall–Kier alpha value is -2.34. The van der Waals surface area contributed by atoms with Gasteiger partial charge in [0.05, 0.1) is 23.6 Å². The summed E-state index contributed by atoms with van der Waals surface area (Å²) in [5.74, 6) is 0.798. The van der Waals surface area contributed by atoms with Crippen molar-refractivity contribution in [2.24, 2.45) is 7.05 Å². The molecule has 6 heteroatoms. The van der Waals surface area contributed by atoms with Crippen molar-refractivity contribution in [2.75, 3.05) is 32.1 Å². The number of carbonyl (C=O) groups excluding carboxylic acids is 1. The molecule has 2 rings (SSSR count). The van der Waals surface area contributed by atoms with E-state index in [9.17, 15) is 4.79 Å². The van der Waals surface area contributed by atoms with E-state index < -0.39 is 0 Å². The third kappa shape index (κ3) is 4.83. The lowest BCUT2D eigenvalue weighted by atomic mass is 10.2. The number of amides is 1. The number of aromatic nitrogens is 2. The number of hydrogen-bond donors (Lipinski definition) is 1. The summed E-state index contributed by atoms with van der Waals surface area (Å²) in [6, 6.07) is 7.95. The zero-order valence-corrected chi connectivity index (χ0v) is 15.1. The van der Waals surface area contributed by atoms with Gasteiger partial charge in [0, 0.05) is 13.6 Å². The molecule has 1 N–H and O–H groups in total. The minimum absolute atomic E-state index is 0.0490. The van der Waals surface area contributed by atoms with E-state index in [0.29, 0.717) is 19.7 Å². The molecule has 0 saturated heterocycles. The largest absolute Gasteiger partial charge is 0.492 e. The highest BCUT2D eigenvalue weighted by atomic mass is 16.5. The fraction of sp³-hybridized carbons (Fsp3) is 0.444. The molecular weight excluding hydrogens is 304 g/mol. The molecule has 0 unspecified atom stereocenters. The van der Waals surface area contributed by atoms with E-state index in [0.717, 1.165) is 22.8 Å². The summed E-state index contributed by atoms with van der Waals surface area (Å²) in [6.45, 7) is 7.40. The first kappa shape index (κ1) is 18.0. The van der Waals surface area contributed by atoms with E-state index in [1.54, 1.807) is 4.68 Å². The maximum atomic E-state index is 12.2. The van der Waals surface area contributed by atoms with E-state index in [1.807, 2.05) is 64.0 Å². The van der Waals surface area contributed by atoms with Gasteiger partial charge in [0.1, 0.15) is 12.4 Å². The van der Waals surface area contributed by atoms with Crippen molar-refractivity contribution < 1.29 is 9.53 Å². The van der Waals surface area contributed by atoms with Crippen molar-refractivity contribution in [3.63, 3.8) is 0 Å². The number of ether oxygens (including phenoxy) is 1. The van der Waals surface area contributed by atoms with Crippen LogP contribution in [-0.2, 0) is 11.8 Å². The van der Waals surface area contributed by atoms with Crippen LogP contribution in [0.25, 0.3) is 0 Å². The molecule has 0 bridgehead atoms. The fourth-order valence-electron chi connectivity index (χ4n) is 2.41. The van der Waals surface area contributed by atoms with E-state index >= 15 is 0 Å². The molecule has 130 valence electrons. The second-order valence-electron chi connectivity index (χ2n) is 6.12. The summed E-state index contributed by atoms with van der Waals surface area (Å²) in [7, 11) is 3.77. The van der Waals surface area contributed by atoms with Gasteiger partial charge in [-0.25, -0.2) is 0 Å². The number of nitrogens with one attached hydrogen (secondary N) is 1. The fourth-order valence-corrected chi connectivity index (χ4v) is 2.41. The number of carbonyl (C=O) groups is 1. The number of likely N-dealkylation sites (N-methyl/N-ethyl adjacent to an activating group) is 1. The number of nitrogens with zero attached hydrogens (tertiary/aromatic N) is 3. The van der Waals surface area contributed by atoms with Crippen molar-refractivity contribution in [1.29, 1.82) is 0 Å². The highest BCUT2D eigenvalue weighted by Gasteiger charge is 2.13. The molecule has 1 amide bonds. The first-order valence-corrected chi connectivity index (χ1v) is 8.05. The Kier molecular flexibility index (Phi) is 5.98. The SMILES string of the molecule is Cc1ccc(OCCN(C)CC(=O)Nc2c(C)nn(C)c2C)cc1. The van der Waals surface area contributed by atoms with Gasteiger partial charge < -0.3 is 10.1 Å². The summed E-state index contributed by atoms with van der Waals surface area (Å²) in [6.07, 6.45) is 0. The average molecular weight is 330 g/mol. The second-order valence-corrected chi connectivity index (χ2v) is 6.12. The average Bonchev–Trinajstić information content (AvgIpc) is 2.75. The smallest absolute Gasteiger partial charge is 0.238 e. The van der Waals surface area contributed by atoms with Crippen LogP contribution in [0.1, 0.15) is 17.0 Å². The standard InChI is InChI=1S/C18H26N4O2/c1-13-6-8-16(9-7-13)24-11-10-21(4)12-17(23)19-18-14(2)20-22(5)15(18)3/h6-9H,10-12H2,1-5H3,(H,19,23). The summed E-state index contributed by atoms with van der Waals surface area (Å²) >= 11 is 0. The minimum Gasteiger partial charge on any atom is -0.492 e. The van der Waals surface area contributed by atoms with Crippen LogP contribution in [-0.4, -0.2) is 47.3 Å². The Morgan fingerprint density at radius 2 is 1.92 bits per heavy atom. The maximum absolute atomic E-state index is 12.2. The number of hydrogen-bond acceptors (Lipinski definition) is 4. The van der Waals surface area contributed by atoms with Gasteiger partial charge in [-0.05, 0) is 40.0 Å². The van der Waals surface area contributed by atoms with Crippen LogP contribution in [0.3, 0.4) is 0 Å². The monoisotopic (exact) mass is 330 g/mol. The third-order valence-corrected chi connectivity index (χ3v) is 3.95. The molecule has 0 aliphatic rings. The molecule has 0 aliphatic carbocycles. The van der Waals surface area contributed by atoms with Crippen LogP contribution in [0.15, 0.2) is 24.3 Å². The van der Waals surface area contributed by atoms with Gasteiger partial charge in [-0.1, -0.05) is 17.7 Å². The molecule has 1 aromatic carbocycles. The van der Waals surface area contributed by atoms with Crippen LogP contribution in [0.2, 0.25) is 0 Å². The highest BCUT2D eigenvalue weighted by molar-refractivity contribution is 5.93. The Labute approximate surface area is 143 Å². The lowest BCUT2D eigenvalue weighted by molar-refractivity contribution is -0.117. The molecule has 0 fully saturated rings. The topological polar surface area (TPSA) is 59.4 Å². The Morgan fingerprint density at radius 3 is 2.50 bits per heavy atom. The van der Waals surface area contributed by atoms with Crippen LogP contribution >= 0.6 is 0 Å². The number of anilines is 1. The van der Waals surface area contributed by atoms with E-state index in [1.165, 1.54) is 5.56 Å². The molecule has 0 radical (unpaired) electrons. The molecule has 1 heterocycles. The van der Waals surface area contributed by atoms with E-state index in [-0.39, 0.29) is 5.91 Å². The van der Waals surface area contributed by atoms with Crippen LogP contribution in [0.5, 0.6) is 5.75 Å². The normalized spacial score (nSPS) is 10.9. The highest BCUT2D eigenvalue weighted by Crippen LogP contribution is 2.18. The van der Waals surface area contributed by atoms with Gasteiger partial charge in [0.25, 0.3) is 0 Å². The van der Waals surface area contributed by atoms with Crippen LogP contribution in [0, 0.1) is 20.8 Å². The summed E-state index contributed by atoms with van der Waals surface area (Å²) < 4.78 is 7.45. The number of benzene rings is 1. The minimum atomic E-state index is -0.0490. The predicted molar refractivity (Wildman–Crippen MR) is 95.5 cm³/mol. The van der Waals surface area contributed by atoms with Gasteiger partial charge >= 0.3 is 0 Å².